The smallest absolute Gasteiger partial charge is 0.251 e. The van der Waals surface area contributed by atoms with E-state index < -0.39 is 0 Å². The van der Waals surface area contributed by atoms with Crippen molar-refractivity contribution in [1.29, 1.82) is 0 Å². The van der Waals surface area contributed by atoms with Crippen molar-refractivity contribution in [2.75, 3.05) is 39.8 Å². The number of hydrogen-bond acceptors (Lipinski definition) is 4. The van der Waals surface area contributed by atoms with Crippen LogP contribution in [0.4, 0.5) is 0 Å². The largest absolute Gasteiger partial charge is 0.368 e. The maximum absolute atomic E-state index is 12.6. The summed E-state index contributed by atoms with van der Waals surface area (Å²) in [7, 11) is 1.81. The highest BCUT2D eigenvalue weighted by molar-refractivity contribution is 5.82. The van der Waals surface area contributed by atoms with Gasteiger partial charge in [0.05, 0.1) is 6.54 Å². The van der Waals surface area contributed by atoms with Crippen molar-refractivity contribution in [2.45, 2.75) is 32.0 Å². The minimum Gasteiger partial charge on any atom is -0.368 e. The van der Waals surface area contributed by atoms with Gasteiger partial charge >= 0.3 is 0 Å². The van der Waals surface area contributed by atoms with Gasteiger partial charge in [0.15, 0.2) is 5.96 Å². The zero-order valence-corrected chi connectivity index (χ0v) is 17.5. The van der Waals surface area contributed by atoms with E-state index in [4.69, 9.17) is 4.74 Å². The molecule has 3 heterocycles. The molecular formula is C22H30N6O2. The van der Waals surface area contributed by atoms with Crippen molar-refractivity contribution in [3.05, 3.63) is 53.9 Å². The van der Waals surface area contributed by atoms with E-state index >= 15 is 0 Å². The van der Waals surface area contributed by atoms with E-state index in [1.807, 2.05) is 28.9 Å². The molecule has 1 atom stereocenters. The Morgan fingerprint density at radius 1 is 1.17 bits per heavy atom. The van der Waals surface area contributed by atoms with E-state index in [9.17, 15) is 4.79 Å². The number of aliphatic imine (C=N–C) groups is 1. The number of benzene rings is 1. The average Bonchev–Trinajstić information content (AvgIpc) is 3.50. The second kappa shape index (κ2) is 9.75. The monoisotopic (exact) mass is 410 g/mol. The Kier molecular flexibility index (Phi) is 6.63. The highest BCUT2D eigenvalue weighted by Crippen LogP contribution is 2.16. The predicted octanol–water partition coefficient (Wildman–Crippen LogP) is 1.33. The average molecular weight is 411 g/mol. The predicted molar refractivity (Wildman–Crippen MR) is 115 cm³/mol. The molecule has 4 rings (SSSR count). The molecule has 1 N–H and O–H groups in total. The van der Waals surface area contributed by atoms with E-state index in [1.54, 1.807) is 6.20 Å². The minimum atomic E-state index is -0.236. The zero-order chi connectivity index (χ0) is 20.8. The quantitative estimate of drug-likeness (QED) is 0.595. The lowest BCUT2D eigenvalue weighted by molar-refractivity contribution is -0.142. The molecule has 1 amide bonds. The summed E-state index contributed by atoms with van der Waals surface area (Å²) in [6.07, 6.45) is 5.36. The van der Waals surface area contributed by atoms with Crippen molar-refractivity contribution in [1.82, 2.24) is 24.9 Å². The number of nitrogens with zero attached hydrogens (tertiary/aromatic N) is 5. The van der Waals surface area contributed by atoms with Crippen LogP contribution in [0, 0.1) is 0 Å². The van der Waals surface area contributed by atoms with Gasteiger partial charge in [-0.3, -0.25) is 14.5 Å². The van der Waals surface area contributed by atoms with Crippen molar-refractivity contribution in [2.24, 2.45) is 4.99 Å². The molecule has 2 fully saturated rings. The summed E-state index contributed by atoms with van der Waals surface area (Å²) in [5.74, 6) is 1.01. The van der Waals surface area contributed by atoms with Gasteiger partial charge in [0, 0.05) is 58.8 Å². The molecule has 1 aromatic carbocycles. The number of aromatic nitrogens is 2. The van der Waals surface area contributed by atoms with Gasteiger partial charge in [0.25, 0.3) is 5.91 Å². The van der Waals surface area contributed by atoms with Gasteiger partial charge < -0.3 is 19.9 Å². The van der Waals surface area contributed by atoms with Crippen LogP contribution in [-0.2, 0) is 22.6 Å². The second-order valence-corrected chi connectivity index (χ2v) is 7.69. The summed E-state index contributed by atoms with van der Waals surface area (Å²) >= 11 is 0. The summed E-state index contributed by atoms with van der Waals surface area (Å²) in [4.78, 5) is 21.2. The first-order valence-corrected chi connectivity index (χ1v) is 10.6. The lowest BCUT2D eigenvalue weighted by Crippen LogP contribution is -2.55. The van der Waals surface area contributed by atoms with Crippen LogP contribution in [0.3, 0.4) is 0 Å². The molecule has 0 bridgehead atoms. The number of ether oxygens (including phenoxy) is 1. The van der Waals surface area contributed by atoms with Crippen LogP contribution in [0.25, 0.3) is 0 Å². The Morgan fingerprint density at radius 3 is 2.60 bits per heavy atom. The van der Waals surface area contributed by atoms with E-state index in [2.05, 4.69) is 44.6 Å². The fourth-order valence-corrected chi connectivity index (χ4v) is 4.07. The molecular weight excluding hydrogens is 380 g/mol. The molecule has 8 heteroatoms. The Morgan fingerprint density at radius 2 is 1.93 bits per heavy atom. The number of piperazine rings is 1. The first kappa shape index (κ1) is 20.4. The summed E-state index contributed by atoms with van der Waals surface area (Å²) in [5.41, 5.74) is 2.46. The maximum atomic E-state index is 12.6. The van der Waals surface area contributed by atoms with Crippen LogP contribution in [0.5, 0.6) is 0 Å². The number of nitrogens with one attached hydrogen (secondary N) is 1. The SMILES string of the molecule is CN=C(NCc1ccccc1Cn1cccn1)N1CCN(C(=O)C2CCCO2)CC1. The summed E-state index contributed by atoms with van der Waals surface area (Å²) in [6.45, 7) is 5.09. The Balaban J connectivity index is 1.31. The van der Waals surface area contributed by atoms with Gasteiger partial charge in [0.1, 0.15) is 6.10 Å². The molecule has 0 aliphatic carbocycles. The van der Waals surface area contributed by atoms with Crippen molar-refractivity contribution in [3.63, 3.8) is 0 Å². The van der Waals surface area contributed by atoms with E-state index in [0.29, 0.717) is 26.2 Å². The van der Waals surface area contributed by atoms with E-state index in [0.717, 1.165) is 38.4 Å². The van der Waals surface area contributed by atoms with E-state index in [1.165, 1.54) is 11.1 Å². The zero-order valence-electron chi connectivity index (χ0n) is 17.5. The number of rotatable bonds is 5. The Hall–Kier alpha value is -2.87. The maximum Gasteiger partial charge on any atom is 0.251 e. The molecule has 1 unspecified atom stereocenters. The standard InChI is InChI=1S/C22H30N6O2/c1-23-22(27-13-11-26(12-14-27)21(29)20-8-4-15-30-20)24-16-18-6-2-3-7-19(18)17-28-10-5-9-25-28/h2-3,5-7,9-10,20H,4,8,11-17H2,1H3,(H,23,24). The first-order chi connectivity index (χ1) is 14.7. The third-order valence-corrected chi connectivity index (χ3v) is 5.75. The molecule has 160 valence electrons. The summed E-state index contributed by atoms with van der Waals surface area (Å²) < 4.78 is 7.48. The molecule has 2 aliphatic heterocycles. The molecule has 2 saturated heterocycles. The molecule has 8 nitrogen and oxygen atoms in total. The molecule has 0 radical (unpaired) electrons. The van der Waals surface area contributed by atoms with Gasteiger partial charge in [-0.1, -0.05) is 24.3 Å². The molecule has 0 saturated carbocycles. The highest BCUT2D eigenvalue weighted by Gasteiger charge is 2.30. The second-order valence-electron chi connectivity index (χ2n) is 7.69. The number of carbonyl (C=O) groups excluding carboxylic acids is 1. The molecule has 2 aliphatic rings. The number of hydrogen-bond donors (Lipinski definition) is 1. The number of amides is 1. The van der Waals surface area contributed by atoms with Crippen molar-refractivity contribution < 1.29 is 9.53 Å². The molecule has 30 heavy (non-hydrogen) atoms. The van der Waals surface area contributed by atoms with Crippen molar-refractivity contribution >= 4 is 11.9 Å². The Labute approximate surface area is 177 Å². The van der Waals surface area contributed by atoms with Gasteiger partial charge in [0.2, 0.25) is 0 Å². The molecule has 1 aromatic heterocycles. The van der Waals surface area contributed by atoms with Crippen LogP contribution >= 0.6 is 0 Å². The number of carbonyl (C=O) groups is 1. The third-order valence-electron chi connectivity index (χ3n) is 5.75. The third kappa shape index (κ3) is 4.81. The molecule has 0 spiro atoms. The van der Waals surface area contributed by atoms with Crippen LogP contribution in [-0.4, -0.2) is 77.4 Å². The Bertz CT molecular complexity index is 852. The van der Waals surface area contributed by atoms with Crippen LogP contribution in [0.15, 0.2) is 47.7 Å². The van der Waals surface area contributed by atoms with Gasteiger partial charge in [-0.25, -0.2) is 0 Å². The highest BCUT2D eigenvalue weighted by atomic mass is 16.5. The van der Waals surface area contributed by atoms with Crippen LogP contribution in [0.2, 0.25) is 0 Å². The normalized spacial score (nSPS) is 19.9. The van der Waals surface area contributed by atoms with Gasteiger partial charge in [-0.15, -0.1) is 0 Å². The van der Waals surface area contributed by atoms with E-state index in [-0.39, 0.29) is 12.0 Å². The van der Waals surface area contributed by atoms with Crippen LogP contribution in [0.1, 0.15) is 24.0 Å². The molecule has 2 aromatic rings. The van der Waals surface area contributed by atoms with Crippen molar-refractivity contribution in [3.8, 4) is 0 Å². The first-order valence-electron chi connectivity index (χ1n) is 10.6. The van der Waals surface area contributed by atoms with Crippen LogP contribution < -0.4 is 5.32 Å². The number of guanidine groups is 1. The topological polar surface area (TPSA) is 75.0 Å². The lowest BCUT2D eigenvalue weighted by atomic mass is 10.1. The fraction of sp³-hybridized carbons (Fsp3) is 0.500. The van der Waals surface area contributed by atoms with Gasteiger partial charge in [-0.05, 0) is 30.0 Å². The minimum absolute atomic E-state index is 0.141. The van der Waals surface area contributed by atoms with Gasteiger partial charge in [-0.2, -0.15) is 5.10 Å². The summed E-state index contributed by atoms with van der Waals surface area (Å²) in [5, 5.41) is 7.80. The lowest BCUT2D eigenvalue weighted by Gasteiger charge is -2.37. The summed E-state index contributed by atoms with van der Waals surface area (Å²) in [6, 6.07) is 10.3. The fourth-order valence-electron chi connectivity index (χ4n) is 4.07.